The van der Waals surface area contributed by atoms with Gasteiger partial charge in [-0.05, 0) is 20.3 Å². The number of carbonyl (C=O) groups excluding carboxylic acids is 2. The molecule has 17 heavy (non-hydrogen) atoms. The summed E-state index contributed by atoms with van der Waals surface area (Å²) in [5, 5.41) is 5.88. The fourth-order valence-electron chi connectivity index (χ4n) is 2.18. The van der Waals surface area contributed by atoms with Gasteiger partial charge in [-0.3, -0.25) is 9.59 Å². The number of nitrogens with one attached hydrogen (secondary N) is 2. The minimum Gasteiger partial charge on any atom is -0.379 e. The van der Waals surface area contributed by atoms with Crippen LogP contribution in [0.4, 0.5) is 0 Å². The molecule has 2 heterocycles. The molecule has 1 amide bonds. The van der Waals surface area contributed by atoms with Crippen molar-refractivity contribution in [1.29, 1.82) is 0 Å². The molecule has 0 aliphatic carbocycles. The molecule has 0 spiro atoms. The minimum absolute atomic E-state index is 0.0240. The molecule has 5 heteroatoms. The van der Waals surface area contributed by atoms with Gasteiger partial charge < -0.3 is 10.6 Å². The third kappa shape index (κ3) is 2.54. The van der Waals surface area contributed by atoms with Crippen LogP contribution in [0.15, 0.2) is 11.6 Å². The summed E-state index contributed by atoms with van der Waals surface area (Å²) in [4.78, 5) is 24.5. The van der Waals surface area contributed by atoms with Gasteiger partial charge in [-0.1, -0.05) is 18.3 Å². The zero-order chi connectivity index (χ0) is 12.6. The molecular formula is C12H16N2O2S. The van der Waals surface area contributed by atoms with Gasteiger partial charge in [0.25, 0.3) is 5.91 Å². The van der Waals surface area contributed by atoms with Crippen molar-refractivity contribution in [3.63, 3.8) is 0 Å². The maximum atomic E-state index is 11.9. The lowest BCUT2D eigenvalue weighted by Gasteiger charge is -2.31. The van der Waals surface area contributed by atoms with Crippen molar-refractivity contribution in [1.82, 2.24) is 10.6 Å². The summed E-state index contributed by atoms with van der Waals surface area (Å²) in [5.41, 5.74) is -0.180. The maximum absolute atomic E-state index is 11.9. The Labute approximate surface area is 106 Å². The average Bonchev–Trinajstić information content (AvgIpc) is 2.56. The van der Waals surface area contributed by atoms with Crippen LogP contribution in [0.1, 0.15) is 26.7 Å². The second kappa shape index (κ2) is 4.22. The van der Waals surface area contributed by atoms with Crippen LogP contribution in [0, 0.1) is 5.92 Å². The molecule has 0 saturated carbocycles. The van der Waals surface area contributed by atoms with E-state index in [0.717, 1.165) is 18.0 Å². The van der Waals surface area contributed by atoms with Crippen LogP contribution < -0.4 is 10.6 Å². The highest BCUT2D eigenvalue weighted by Gasteiger charge is 2.35. The highest BCUT2D eigenvalue weighted by molar-refractivity contribution is 7.80. The topological polar surface area (TPSA) is 58.2 Å². The van der Waals surface area contributed by atoms with E-state index in [2.05, 4.69) is 10.6 Å². The van der Waals surface area contributed by atoms with Crippen molar-refractivity contribution in [2.45, 2.75) is 32.2 Å². The molecule has 2 fully saturated rings. The first-order valence-corrected chi connectivity index (χ1v) is 6.15. The first-order chi connectivity index (χ1) is 7.89. The maximum Gasteiger partial charge on any atom is 0.255 e. The minimum atomic E-state index is -0.445. The molecule has 0 aromatic carbocycles. The molecule has 2 N–H and O–H groups in total. The summed E-state index contributed by atoms with van der Waals surface area (Å²) in [7, 11) is 0. The molecule has 0 aromatic rings. The van der Waals surface area contributed by atoms with Gasteiger partial charge in [0.15, 0.2) is 5.78 Å². The Morgan fingerprint density at radius 1 is 1.41 bits per heavy atom. The standard InChI is InChI=1S/C12H16N2O2S/c1-12(2)6-9(15)8(10(16)14-12)5-7-3-4-13-11(7)17/h5,7H,3-4,6H2,1-2H3,(H,13,17)(H,14,16)/b8-5+/t7-/m0/s1. The number of carbonyl (C=O) groups is 2. The van der Waals surface area contributed by atoms with Gasteiger partial charge in [0, 0.05) is 24.4 Å². The molecule has 2 rings (SSSR count). The predicted molar refractivity (Wildman–Crippen MR) is 68.6 cm³/mol. The van der Waals surface area contributed by atoms with Crippen LogP contribution in [0.25, 0.3) is 0 Å². The van der Waals surface area contributed by atoms with Crippen LogP contribution in [0.3, 0.4) is 0 Å². The Bertz CT molecular complexity index is 404. The van der Waals surface area contributed by atoms with Gasteiger partial charge in [0.1, 0.15) is 0 Å². The van der Waals surface area contributed by atoms with E-state index in [4.69, 9.17) is 12.2 Å². The van der Waals surface area contributed by atoms with Crippen molar-refractivity contribution < 1.29 is 9.59 Å². The number of rotatable bonds is 1. The molecule has 4 nitrogen and oxygen atoms in total. The first kappa shape index (κ1) is 12.2. The number of thiocarbonyl (C=S) groups is 1. The predicted octanol–water partition coefficient (Wildman–Crippen LogP) is 0.717. The summed E-state index contributed by atoms with van der Waals surface area (Å²) in [6, 6.07) is 0. The number of ketones is 1. The molecule has 0 unspecified atom stereocenters. The second-order valence-electron chi connectivity index (χ2n) is 5.20. The highest BCUT2D eigenvalue weighted by Crippen LogP contribution is 2.22. The molecule has 92 valence electrons. The summed E-state index contributed by atoms with van der Waals surface area (Å²) in [5.74, 6) is -0.342. The van der Waals surface area contributed by atoms with E-state index < -0.39 is 5.54 Å². The Morgan fingerprint density at radius 2 is 2.12 bits per heavy atom. The van der Waals surface area contributed by atoms with Crippen LogP contribution in [-0.4, -0.2) is 28.8 Å². The third-order valence-electron chi connectivity index (χ3n) is 3.06. The number of amides is 1. The van der Waals surface area contributed by atoms with Crippen molar-refractivity contribution in [2.75, 3.05) is 6.54 Å². The Morgan fingerprint density at radius 3 is 2.65 bits per heavy atom. The molecule has 2 aliphatic heterocycles. The largest absolute Gasteiger partial charge is 0.379 e. The van der Waals surface area contributed by atoms with Crippen molar-refractivity contribution in [3.8, 4) is 0 Å². The van der Waals surface area contributed by atoms with E-state index in [1.54, 1.807) is 6.08 Å². The lowest BCUT2D eigenvalue weighted by atomic mass is 9.87. The lowest BCUT2D eigenvalue weighted by Crippen LogP contribution is -2.51. The summed E-state index contributed by atoms with van der Waals surface area (Å²) in [6.45, 7) is 4.51. The van der Waals surface area contributed by atoms with Crippen molar-refractivity contribution in [3.05, 3.63) is 11.6 Å². The molecule has 0 bridgehead atoms. The number of piperidine rings is 1. The second-order valence-corrected chi connectivity index (χ2v) is 5.64. The Balaban J connectivity index is 2.21. The smallest absolute Gasteiger partial charge is 0.255 e. The van der Waals surface area contributed by atoms with Gasteiger partial charge in [-0.15, -0.1) is 0 Å². The fraction of sp³-hybridized carbons (Fsp3) is 0.583. The summed E-state index contributed by atoms with van der Waals surface area (Å²) >= 11 is 5.13. The third-order valence-corrected chi connectivity index (χ3v) is 3.51. The van der Waals surface area contributed by atoms with E-state index in [-0.39, 0.29) is 23.2 Å². The van der Waals surface area contributed by atoms with Crippen LogP contribution in [0.5, 0.6) is 0 Å². The van der Waals surface area contributed by atoms with E-state index in [1.165, 1.54) is 0 Å². The summed E-state index contributed by atoms with van der Waals surface area (Å²) in [6.07, 6.45) is 2.92. The Kier molecular flexibility index (Phi) is 3.03. The van der Waals surface area contributed by atoms with Gasteiger partial charge in [0.2, 0.25) is 0 Å². The first-order valence-electron chi connectivity index (χ1n) is 5.74. The number of hydrogen-bond acceptors (Lipinski definition) is 3. The van der Waals surface area contributed by atoms with Gasteiger partial charge >= 0.3 is 0 Å². The van der Waals surface area contributed by atoms with E-state index in [1.807, 2.05) is 13.8 Å². The summed E-state index contributed by atoms with van der Waals surface area (Å²) < 4.78 is 0. The van der Waals surface area contributed by atoms with Crippen LogP contribution in [0.2, 0.25) is 0 Å². The fourth-order valence-corrected chi connectivity index (χ4v) is 2.47. The van der Waals surface area contributed by atoms with Crippen molar-refractivity contribution >= 4 is 28.9 Å². The van der Waals surface area contributed by atoms with E-state index in [0.29, 0.717) is 6.42 Å². The van der Waals surface area contributed by atoms with E-state index in [9.17, 15) is 9.59 Å². The molecule has 2 saturated heterocycles. The highest BCUT2D eigenvalue weighted by atomic mass is 32.1. The van der Waals surface area contributed by atoms with Crippen LogP contribution in [-0.2, 0) is 9.59 Å². The molecule has 2 aliphatic rings. The Hall–Kier alpha value is -1.23. The SMILES string of the molecule is CC1(C)CC(=O)/C(=C\[C@@H]2CCNC2=S)C(=O)N1. The molecular weight excluding hydrogens is 236 g/mol. The quantitative estimate of drug-likeness (QED) is 0.410. The number of Topliss-reactive ketones (excluding diaryl/α,β-unsaturated/α-hetero) is 1. The van der Waals surface area contributed by atoms with E-state index >= 15 is 0 Å². The zero-order valence-corrected chi connectivity index (χ0v) is 10.8. The van der Waals surface area contributed by atoms with Crippen molar-refractivity contribution in [2.24, 2.45) is 5.92 Å². The normalized spacial score (nSPS) is 30.4. The van der Waals surface area contributed by atoms with Crippen LogP contribution >= 0.6 is 12.2 Å². The van der Waals surface area contributed by atoms with Gasteiger partial charge in [-0.25, -0.2) is 0 Å². The lowest BCUT2D eigenvalue weighted by molar-refractivity contribution is -0.127. The molecule has 0 radical (unpaired) electrons. The average molecular weight is 252 g/mol. The van der Waals surface area contributed by atoms with Gasteiger partial charge in [-0.2, -0.15) is 0 Å². The number of hydrogen-bond donors (Lipinski definition) is 2. The molecule has 1 atom stereocenters. The monoisotopic (exact) mass is 252 g/mol. The zero-order valence-electron chi connectivity index (χ0n) is 10.0. The van der Waals surface area contributed by atoms with Gasteiger partial charge in [0.05, 0.1) is 10.6 Å². The molecule has 0 aromatic heterocycles.